The Hall–Kier alpha value is -1.08. The van der Waals surface area contributed by atoms with Gasteiger partial charge in [-0.2, -0.15) is 0 Å². The molecule has 1 aliphatic rings. The first-order valence-electron chi connectivity index (χ1n) is 6.30. The highest BCUT2D eigenvalue weighted by molar-refractivity contribution is 7.09. The molecule has 1 N–H and O–H groups in total. The number of amides is 1. The van der Waals surface area contributed by atoms with Crippen LogP contribution in [0.3, 0.4) is 0 Å². The molecule has 0 saturated carbocycles. The summed E-state index contributed by atoms with van der Waals surface area (Å²) in [5, 5.41) is 5.44. The van der Waals surface area contributed by atoms with Gasteiger partial charge in [0, 0.05) is 37.5 Å². The van der Waals surface area contributed by atoms with Crippen LogP contribution in [0.15, 0.2) is 11.6 Å². The fourth-order valence-electron chi connectivity index (χ4n) is 2.14. The van der Waals surface area contributed by atoms with E-state index in [0.29, 0.717) is 19.5 Å². The first-order chi connectivity index (χ1) is 9.02. The lowest BCUT2D eigenvalue weighted by Crippen LogP contribution is -2.44. The number of nitrogens with zero attached hydrogens (tertiary/aromatic N) is 2. The SMILES string of the molecule is CCN(CCc1nccs1)C(=O)C1CC(F)(F)CN1. The van der Waals surface area contributed by atoms with Gasteiger partial charge in [-0.15, -0.1) is 11.3 Å². The average molecular weight is 289 g/mol. The van der Waals surface area contributed by atoms with E-state index in [9.17, 15) is 13.6 Å². The molecule has 0 aliphatic carbocycles. The normalized spacial score (nSPS) is 21.5. The van der Waals surface area contributed by atoms with Gasteiger partial charge in [-0.05, 0) is 6.92 Å². The second-order valence-electron chi connectivity index (χ2n) is 4.59. The third-order valence-corrected chi connectivity index (χ3v) is 4.02. The number of hydrogen-bond acceptors (Lipinski definition) is 4. The van der Waals surface area contributed by atoms with Crippen molar-refractivity contribution in [3.05, 3.63) is 16.6 Å². The Balaban J connectivity index is 1.88. The Kier molecular flexibility index (Phi) is 4.46. The highest BCUT2D eigenvalue weighted by Gasteiger charge is 2.43. The van der Waals surface area contributed by atoms with Crippen molar-refractivity contribution in [2.24, 2.45) is 0 Å². The molecule has 4 nitrogen and oxygen atoms in total. The molecule has 19 heavy (non-hydrogen) atoms. The number of thiazole rings is 1. The molecule has 2 rings (SSSR count). The summed E-state index contributed by atoms with van der Waals surface area (Å²) in [6, 6.07) is -0.758. The fraction of sp³-hybridized carbons (Fsp3) is 0.667. The van der Waals surface area contributed by atoms with Crippen molar-refractivity contribution in [1.82, 2.24) is 15.2 Å². The predicted molar refractivity (Wildman–Crippen MR) is 69.4 cm³/mol. The zero-order valence-electron chi connectivity index (χ0n) is 10.7. The lowest BCUT2D eigenvalue weighted by atomic mass is 10.1. The fourth-order valence-corrected chi connectivity index (χ4v) is 2.75. The summed E-state index contributed by atoms with van der Waals surface area (Å²) in [6.45, 7) is 2.49. The van der Waals surface area contributed by atoms with Crippen LogP contribution >= 0.6 is 11.3 Å². The zero-order chi connectivity index (χ0) is 13.9. The van der Waals surface area contributed by atoms with Crippen LogP contribution in [0.2, 0.25) is 0 Å². The summed E-state index contributed by atoms with van der Waals surface area (Å²) in [6.07, 6.45) is 1.98. The van der Waals surface area contributed by atoms with Gasteiger partial charge in [0.15, 0.2) is 0 Å². The predicted octanol–water partition coefficient (Wildman–Crippen LogP) is 1.53. The Morgan fingerprint density at radius 1 is 1.68 bits per heavy atom. The summed E-state index contributed by atoms with van der Waals surface area (Å²) < 4.78 is 26.2. The molecule has 1 atom stereocenters. The summed E-state index contributed by atoms with van der Waals surface area (Å²) >= 11 is 1.53. The number of halogens is 2. The minimum Gasteiger partial charge on any atom is -0.341 e. The Bertz CT molecular complexity index is 425. The molecule has 7 heteroatoms. The molecular weight excluding hydrogens is 272 g/mol. The molecule has 106 valence electrons. The average Bonchev–Trinajstić information content (AvgIpc) is 2.99. The van der Waals surface area contributed by atoms with E-state index in [1.54, 1.807) is 11.1 Å². The van der Waals surface area contributed by atoms with Gasteiger partial charge < -0.3 is 4.90 Å². The van der Waals surface area contributed by atoms with Gasteiger partial charge in [-0.3, -0.25) is 10.1 Å². The van der Waals surface area contributed by atoms with E-state index in [-0.39, 0.29) is 5.91 Å². The van der Waals surface area contributed by atoms with Crippen molar-refractivity contribution in [2.75, 3.05) is 19.6 Å². The van der Waals surface area contributed by atoms with Gasteiger partial charge in [0.25, 0.3) is 5.92 Å². The van der Waals surface area contributed by atoms with Crippen LogP contribution in [0.5, 0.6) is 0 Å². The van der Waals surface area contributed by atoms with Gasteiger partial charge in [0.05, 0.1) is 17.6 Å². The number of likely N-dealkylation sites (N-methyl/N-ethyl adjacent to an activating group) is 1. The third-order valence-electron chi connectivity index (χ3n) is 3.18. The van der Waals surface area contributed by atoms with Gasteiger partial charge in [0.1, 0.15) is 0 Å². The van der Waals surface area contributed by atoms with Crippen LogP contribution in [-0.2, 0) is 11.2 Å². The van der Waals surface area contributed by atoms with Crippen LogP contribution in [0, 0.1) is 0 Å². The highest BCUT2D eigenvalue weighted by atomic mass is 32.1. The summed E-state index contributed by atoms with van der Waals surface area (Å²) in [7, 11) is 0. The second kappa shape index (κ2) is 5.92. The minimum atomic E-state index is -2.77. The third kappa shape index (κ3) is 3.70. The molecule has 1 aromatic heterocycles. The molecule has 0 aromatic carbocycles. The standard InChI is InChI=1S/C12H17F2N3OS/c1-2-17(5-3-10-15-4-6-19-10)11(18)9-7-12(13,14)8-16-9/h4,6,9,16H,2-3,5,7-8H2,1H3. The van der Waals surface area contributed by atoms with Crippen molar-refractivity contribution < 1.29 is 13.6 Å². The number of hydrogen-bond donors (Lipinski definition) is 1. The molecule has 0 spiro atoms. The minimum absolute atomic E-state index is 0.240. The Labute approximate surface area is 114 Å². The van der Waals surface area contributed by atoms with E-state index >= 15 is 0 Å². The topological polar surface area (TPSA) is 45.2 Å². The Morgan fingerprint density at radius 2 is 2.47 bits per heavy atom. The van der Waals surface area contributed by atoms with Crippen LogP contribution in [-0.4, -0.2) is 47.4 Å². The molecule has 1 aliphatic heterocycles. The zero-order valence-corrected chi connectivity index (χ0v) is 11.6. The van der Waals surface area contributed by atoms with Crippen molar-refractivity contribution in [2.45, 2.75) is 31.7 Å². The first-order valence-corrected chi connectivity index (χ1v) is 7.18. The van der Waals surface area contributed by atoms with E-state index in [1.807, 2.05) is 12.3 Å². The molecule has 2 heterocycles. The summed E-state index contributed by atoms with van der Waals surface area (Å²) in [5.74, 6) is -3.01. The number of rotatable bonds is 5. The maximum absolute atomic E-state index is 13.1. The molecule has 1 amide bonds. The highest BCUT2D eigenvalue weighted by Crippen LogP contribution is 2.26. The monoisotopic (exact) mass is 289 g/mol. The van der Waals surface area contributed by atoms with Crippen molar-refractivity contribution in [3.8, 4) is 0 Å². The van der Waals surface area contributed by atoms with E-state index in [0.717, 1.165) is 5.01 Å². The van der Waals surface area contributed by atoms with E-state index in [4.69, 9.17) is 0 Å². The van der Waals surface area contributed by atoms with Crippen LogP contribution in [0.25, 0.3) is 0 Å². The van der Waals surface area contributed by atoms with Crippen LogP contribution in [0.4, 0.5) is 8.78 Å². The first kappa shape index (κ1) is 14.3. The van der Waals surface area contributed by atoms with E-state index in [1.165, 1.54) is 11.3 Å². The molecule has 0 radical (unpaired) electrons. The smallest absolute Gasteiger partial charge is 0.262 e. The summed E-state index contributed by atoms with van der Waals surface area (Å²) in [4.78, 5) is 17.9. The van der Waals surface area contributed by atoms with Crippen molar-refractivity contribution >= 4 is 17.2 Å². The Morgan fingerprint density at radius 3 is 3.00 bits per heavy atom. The lowest BCUT2D eigenvalue weighted by molar-refractivity contribution is -0.133. The summed E-state index contributed by atoms with van der Waals surface area (Å²) in [5.41, 5.74) is 0. The number of carbonyl (C=O) groups excluding carboxylic acids is 1. The second-order valence-corrected chi connectivity index (χ2v) is 5.57. The maximum Gasteiger partial charge on any atom is 0.262 e. The van der Waals surface area contributed by atoms with E-state index in [2.05, 4.69) is 10.3 Å². The number of alkyl halides is 2. The van der Waals surface area contributed by atoms with Crippen molar-refractivity contribution in [1.29, 1.82) is 0 Å². The lowest BCUT2D eigenvalue weighted by Gasteiger charge is -2.23. The molecule has 0 bridgehead atoms. The number of carbonyl (C=O) groups is 1. The molecule has 1 fully saturated rings. The van der Waals surface area contributed by atoms with Gasteiger partial charge in [-0.1, -0.05) is 0 Å². The molecule has 1 aromatic rings. The number of aromatic nitrogens is 1. The quantitative estimate of drug-likeness (QED) is 0.894. The molecule has 1 saturated heterocycles. The van der Waals surface area contributed by atoms with Crippen LogP contribution < -0.4 is 5.32 Å². The maximum atomic E-state index is 13.1. The van der Waals surface area contributed by atoms with Crippen molar-refractivity contribution in [3.63, 3.8) is 0 Å². The van der Waals surface area contributed by atoms with E-state index < -0.39 is 24.9 Å². The van der Waals surface area contributed by atoms with Gasteiger partial charge in [-0.25, -0.2) is 13.8 Å². The molecule has 1 unspecified atom stereocenters. The number of nitrogens with one attached hydrogen (secondary N) is 1. The van der Waals surface area contributed by atoms with Gasteiger partial charge >= 0.3 is 0 Å². The van der Waals surface area contributed by atoms with Gasteiger partial charge in [0.2, 0.25) is 5.91 Å². The largest absolute Gasteiger partial charge is 0.341 e. The molecular formula is C12H17F2N3OS. The van der Waals surface area contributed by atoms with Crippen LogP contribution in [0.1, 0.15) is 18.4 Å².